The third kappa shape index (κ3) is 2.86. The second-order valence-corrected chi connectivity index (χ2v) is 10.5. The zero-order valence-corrected chi connectivity index (χ0v) is 13.5. The minimum Gasteiger partial charge on any atom is -0.229 e. The molecular weight excluding hydrogens is 306 g/mol. The summed E-state index contributed by atoms with van der Waals surface area (Å²) in [4.78, 5) is 1.97. The van der Waals surface area contributed by atoms with Crippen molar-refractivity contribution in [3.05, 3.63) is 15.8 Å². The van der Waals surface area contributed by atoms with Crippen molar-refractivity contribution in [1.29, 1.82) is 0 Å². The lowest BCUT2D eigenvalue weighted by Crippen LogP contribution is -2.37. The van der Waals surface area contributed by atoms with E-state index in [2.05, 4.69) is 0 Å². The number of nitrogens with zero attached hydrogens (tertiary/aromatic N) is 1. The van der Waals surface area contributed by atoms with Gasteiger partial charge in [0.25, 0.3) is 0 Å². The van der Waals surface area contributed by atoms with Gasteiger partial charge >= 0.3 is 0 Å². The van der Waals surface area contributed by atoms with Gasteiger partial charge < -0.3 is 0 Å². The predicted molar refractivity (Wildman–Crippen MR) is 75.8 cm³/mol. The summed E-state index contributed by atoms with van der Waals surface area (Å²) in [6.07, 6.45) is 0.375. The van der Waals surface area contributed by atoms with Crippen molar-refractivity contribution in [2.75, 3.05) is 18.6 Å². The summed E-state index contributed by atoms with van der Waals surface area (Å²) in [5.41, 5.74) is 0. The van der Waals surface area contributed by atoms with Crippen LogP contribution < -0.4 is 0 Å². The summed E-state index contributed by atoms with van der Waals surface area (Å²) in [6.45, 7) is 3.63. The third-order valence-electron chi connectivity index (χ3n) is 3.38. The van der Waals surface area contributed by atoms with Crippen LogP contribution in [0.25, 0.3) is 0 Å². The molecule has 1 fully saturated rings. The van der Waals surface area contributed by atoms with Gasteiger partial charge in [-0.2, -0.15) is 4.31 Å². The van der Waals surface area contributed by atoms with Gasteiger partial charge in [0.15, 0.2) is 9.84 Å². The van der Waals surface area contributed by atoms with Gasteiger partial charge in [0.2, 0.25) is 10.0 Å². The summed E-state index contributed by atoms with van der Waals surface area (Å²) >= 11 is 1.43. The van der Waals surface area contributed by atoms with E-state index >= 15 is 0 Å². The molecule has 2 heterocycles. The maximum Gasteiger partial charge on any atom is 0.244 e. The van der Waals surface area contributed by atoms with E-state index in [0.717, 1.165) is 9.75 Å². The Morgan fingerprint density at radius 3 is 2.42 bits per heavy atom. The van der Waals surface area contributed by atoms with Crippen molar-refractivity contribution < 1.29 is 16.8 Å². The fourth-order valence-corrected chi connectivity index (χ4v) is 7.05. The molecule has 1 aromatic rings. The Balaban J connectivity index is 2.33. The van der Waals surface area contributed by atoms with Gasteiger partial charge in [0.1, 0.15) is 0 Å². The van der Waals surface area contributed by atoms with Gasteiger partial charge in [0, 0.05) is 22.8 Å². The van der Waals surface area contributed by atoms with Crippen LogP contribution in [-0.2, 0) is 19.9 Å². The summed E-state index contributed by atoms with van der Waals surface area (Å²) in [5.74, 6) is -0.00985. The molecule has 1 saturated heterocycles. The number of thiophene rings is 1. The monoisotopic (exact) mass is 323 g/mol. The first-order chi connectivity index (χ1) is 8.63. The topological polar surface area (TPSA) is 71.5 Å². The van der Waals surface area contributed by atoms with E-state index in [1.54, 1.807) is 13.0 Å². The number of rotatable bonds is 3. The second kappa shape index (κ2) is 4.83. The van der Waals surface area contributed by atoms with Gasteiger partial charge in [0.05, 0.1) is 16.4 Å². The Morgan fingerprint density at radius 1 is 1.37 bits per heavy atom. The predicted octanol–water partition coefficient (Wildman–Crippen LogP) is 1.17. The molecule has 8 heteroatoms. The Morgan fingerprint density at radius 2 is 2.00 bits per heavy atom. The Kier molecular flexibility index (Phi) is 3.81. The Bertz CT molecular complexity index is 688. The summed E-state index contributed by atoms with van der Waals surface area (Å²) in [6, 6.07) is 1.20. The first-order valence-electron chi connectivity index (χ1n) is 5.89. The fraction of sp³-hybridized carbons (Fsp3) is 0.636. The lowest BCUT2D eigenvalue weighted by atomic mass is 10.3. The van der Waals surface area contributed by atoms with Crippen LogP contribution in [0.2, 0.25) is 0 Å². The third-order valence-corrected chi connectivity index (χ3v) is 8.26. The van der Waals surface area contributed by atoms with Crippen LogP contribution in [0, 0.1) is 13.8 Å². The summed E-state index contributed by atoms with van der Waals surface area (Å²) in [5, 5.41) is 0. The molecule has 0 radical (unpaired) electrons. The van der Waals surface area contributed by atoms with Gasteiger partial charge in [-0.15, -0.1) is 11.3 Å². The molecule has 1 atom stereocenters. The molecule has 0 amide bonds. The molecule has 0 spiro atoms. The van der Waals surface area contributed by atoms with Crippen molar-refractivity contribution in [3.8, 4) is 0 Å². The average Bonchev–Trinajstić information content (AvgIpc) is 2.80. The van der Waals surface area contributed by atoms with Crippen LogP contribution in [0.1, 0.15) is 16.2 Å². The zero-order valence-electron chi connectivity index (χ0n) is 11.1. The molecule has 1 aromatic heterocycles. The SMILES string of the molecule is Cc1cc(S(=O)(=O)N(C)[C@H]2CCS(=O)(=O)C2)c(C)s1. The maximum absolute atomic E-state index is 12.5. The highest BCUT2D eigenvalue weighted by Crippen LogP contribution is 2.29. The van der Waals surface area contributed by atoms with E-state index in [-0.39, 0.29) is 11.5 Å². The average molecular weight is 323 g/mol. The normalized spacial score (nSPS) is 23.1. The van der Waals surface area contributed by atoms with Gasteiger partial charge in [-0.25, -0.2) is 16.8 Å². The van der Waals surface area contributed by atoms with E-state index in [1.807, 2.05) is 6.92 Å². The molecule has 0 aromatic carbocycles. The molecule has 19 heavy (non-hydrogen) atoms. The highest BCUT2D eigenvalue weighted by atomic mass is 32.2. The molecule has 2 rings (SSSR count). The first kappa shape index (κ1) is 15.0. The van der Waals surface area contributed by atoms with E-state index in [0.29, 0.717) is 11.3 Å². The largest absolute Gasteiger partial charge is 0.244 e. The Labute approximate surface area is 118 Å². The van der Waals surface area contributed by atoms with Gasteiger partial charge in [-0.1, -0.05) is 0 Å². The molecule has 0 aliphatic carbocycles. The fourth-order valence-electron chi connectivity index (χ4n) is 2.28. The van der Waals surface area contributed by atoms with Crippen LogP contribution in [0.4, 0.5) is 0 Å². The summed E-state index contributed by atoms with van der Waals surface area (Å²) < 4.78 is 49.1. The standard InChI is InChI=1S/C11H17NO4S3/c1-8-6-11(9(2)17-8)19(15,16)12(3)10-4-5-18(13,14)7-10/h6,10H,4-5,7H2,1-3H3/t10-/m0/s1. The first-order valence-corrected chi connectivity index (χ1v) is 9.97. The van der Waals surface area contributed by atoms with Crippen molar-refractivity contribution in [2.45, 2.75) is 31.2 Å². The quantitative estimate of drug-likeness (QED) is 0.837. The molecule has 1 aliphatic heterocycles. The molecule has 0 saturated carbocycles. The zero-order chi connectivity index (χ0) is 14.4. The molecule has 1 aliphatic rings. The lowest BCUT2D eigenvalue weighted by Gasteiger charge is -2.22. The molecule has 0 bridgehead atoms. The lowest BCUT2D eigenvalue weighted by molar-refractivity contribution is 0.394. The van der Waals surface area contributed by atoms with E-state index in [1.165, 1.54) is 22.7 Å². The van der Waals surface area contributed by atoms with Crippen LogP contribution in [0.5, 0.6) is 0 Å². The number of sulfonamides is 1. The number of aryl methyl sites for hydroxylation is 2. The number of sulfone groups is 1. The van der Waals surface area contributed by atoms with Crippen molar-refractivity contribution in [1.82, 2.24) is 4.31 Å². The van der Waals surface area contributed by atoms with Crippen LogP contribution in [0.15, 0.2) is 11.0 Å². The molecule has 0 N–H and O–H groups in total. The molecule has 0 unspecified atom stereocenters. The van der Waals surface area contributed by atoms with Gasteiger partial charge in [-0.3, -0.25) is 0 Å². The van der Waals surface area contributed by atoms with E-state index in [9.17, 15) is 16.8 Å². The van der Waals surface area contributed by atoms with Crippen LogP contribution in [-0.4, -0.2) is 45.7 Å². The minimum atomic E-state index is -3.60. The van der Waals surface area contributed by atoms with E-state index in [4.69, 9.17) is 0 Å². The van der Waals surface area contributed by atoms with Gasteiger partial charge in [-0.05, 0) is 26.3 Å². The van der Waals surface area contributed by atoms with E-state index < -0.39 is 25.9 Å². The Hall–Kier alpha value is -0.440. The number of hydrogen-bond acceptors (Lipinski definition) is 5. The van der Waals surface area contributed by atoms with Crippen LogP contribution in [0.3, 0.4) is 0 Å². The minimum absolute atomic E-state index is 0.0686. The maximum atomic E-state index is 12.5. The van der Waals surface area contributed by atoms with Crippen molar-refractivity contribution >= 4 is 31.2 Å². The molecule has 5 nitrogen and oxygen atoms in total. The van der Waals surface area contributed by atoms with Crippen LogP contribution >= 0.6 is 11.3 Å². The molecule has 108 valence electrons. The smallest absolute Gasteiger partial charge is 0.229 e. The second-order valence-electron chi connectivity index (χ2n) is 4.86. The van der Waals surface area contributed by atoms with Crippen molar-refractivity contribution in [3.63, 3.8) is 0 Å². The summed E-state index contributed by atoms with van der Waals surface area (Å²) in [7, 11) is -5.23. The number of hydrogen-bond donors (Lipinski definition) is 0. The highest BCUT2D eigenvalue weighted by Gasteiger charge is 2.37. The van der Waals surface area contributed by atoms with Crippen molar-refractivity contribution in [2.24, 2.45) is 0 Å². The highest BCUT2D eigenvalue weighted by molar-refractivity contribution is 7.92. The molecular formula is C11H17NO4S3.